The third-order valence-electron chi connectivity index (χ3n) is 3.84. The summed E-state index contributed by atoms with van der Waals surface area (Å²) in [6.45, 7) is -0.529. The van der Waals surface area contributed by atoms with Crippen LogP contribution in [0.5, 0.6) is 11.5 Å². The first-order valence-corrected chi connectivity index (χ1v) is 8.11. The van der Waals surface area contributed by atoms with E-state index in [-0.39, 0.29) is 17.1 Å². The molecule has 0 radical (unpaired) electrons. The highest BCUT2D eigenvalue weighted by Gasteiger charge is 2.14. The van der Waals surface area contributed by atoms with E-state index in [0.717, 1.165) is 0 Å². The van der Waals surface area contributed by atoms with Crippen LogP contribution in [0.1, 0.15) is 22.2 Å². The molecule has 0 saturated heterocycles. The van der Waals surface area contributed by atoms with Crippen molar-refractivity contribution in [3.63, 3.8) is 0 Å². The minimum absolute atomic E-state index is 0.149. The van der Waals surface area contributed by atoms with Crippen molar-refractivity contribution in [3.05, 3.63) is 77.7 Å². The largest absolute Gasteiger partial charge is 0.457 e. The van der Waals surface area contributed by atoms with Crippen LogP contribution in [0.2, 0.25) is 0 Å². The standard InChI is InChI=1S/C20H17FN2O4/c21-14-3-7-16(8-4-14)27-15-5-1-12(2-6-15)17-9-13(20(22)26)10-18(23-17)19(25)11-24/h1-10,19,24-25H,11H2,(H2,22,26)/t19-/m0/s1. The SMILES string of the molecule is NC(=O)c1cc(-c2ccc(Oc3ccc(F)cc3)cc2)nc([C@@H](O)CO)c1. The summed E-state index contributed by atoms with van der Waals surface area (Å²) in [6, 6.07) is 15.3. The van der Waals surface area contributed by atoms with Crippen LogP contribution in [0.25, 0.3) is 11.3 Å². The Morgan fingerprint density at radius 1 is 1.07 bits per heavy atom. The van der Waals surface area contributed by atoms with E-state index in [1.54, 1.807) is 24.3 Å². The molecule has 138 valence electrons. The van der Waals surface area contributed by atoms with Gasteiger partial charge in [-0.15, -0.1) is 0 Å². The van der Waals surface area contributed by atoms with E-state index in [2.05, 4.69) is 4.98 Å². The highest BCUT2D eigenvalue weighted by molar-refractivity contribution is 5.94. The lowest BCUT2D eigenvalue weighted by molar-refractivity contribution is 0.0919. The second-order valence-electron chi connectivity index (χ2n) is 5.81. The van der Waals surface area contributed by atoms with Crippen molar-refractivity contribution in [2.24, 2.45) is 5.73 Å². The Kier molecular flexibility index (Phi) is 5.44. The van der Waals surface area contributed by atoms with Crippen LogP contribution < -0.4 is 10.5 Å². The summed E-state index contributed by atoms with van der Waals surface area (Å²) in [5.74, 6) is 0.0127. The second-order valence-corrected chi connectivity index (χ2v) is 5.81. The maximum atomic E-state index is 12.9. The van der Waals surface area contributed by atoms with Gasteiger partial charge in [-0.25, -0.2) is 9.37 Å². The van der Waals surface area contributed by atoms with Gasteiger partial charge in [0, 0.05) is 11.1 Å². The summed E-state index contributed by atoms with van der Waals surface area (Å²) in [4.78, 5) is 15.8. The number of aliphatic hydroxyl groups is 2. The highest BCUT2D eigenvalue weighted by atomic mass is 19.1. The van der Waals surface area contributed by atoms with Gasteiger partial charge >= 0.3 is 0 Å². The number of primary amides is 1. The summed E-state index contributed by atoms with van der Waals surface area (Å²) in [7, 11) is 0. The predicted octanol–water partition coefficient (Wildman–Crippen LogP) is 2.80. The molecular weight excluding hydrogens is 351 g/mol. The van der Waals surface area contributed by atoms with Crippen LogP contribution in [0.4, 0.5) is 4.39 Å². The van der Waals surface area contributed by atoms with E-state index in [0.29, 0.717) is 22.8 Å². The van der Waals surface area contributed by atoms with Crippen LogP contribution in [0.15, 0.2) is 60.7 Å². The van der Waals surface area contributed by atoms with E-state index in [1.165, 1.54) is 36.4 Å². The molecule has 7 heteroatoms. The van der Waals surface area contributed by atoms with Crippen LogP contribution >= 0.6 is 0 Å². The van der Waals surface area contributed by atoms with Crippen LogP contribution in [0, 0.1) is 5.82 Å². The van der Waals surface area contributed by atoms with Gasteiger partial charge in [0.15, 0.2) is 0 Å². The smallest absolute Gasteiger partial charge is 0.248 e. The highest BCUT2D eigenvalue weighted by Crippen LogP contribution is 2.27. The van der Waals surface area contributed by atoms with Gasteiger partial charge in [-0.3, -0.25) is 4.79 Å². The Morgan fingerprint density at radius 3 is 2.22 bits per heavy atom. The maximum absolute atomic E-state index is 12.9. The molecule has 27 heavy (non-hydrogen) atoms. The van der Waals surface area contributed by atoms with Gasteiger partial charge in [0.2, 0.25) is 5.91 Å². The number of hydrogen-bond acceptors (Lipinski definition) is 5. The maximum Gasteiger partial charge on any atom is 0.248 e. The average Bonchev–Trinajstić information content (AvgIpc) is 2.69. The van der Waals surface area contributed by atoms with Gasteiger partial charge < -0.3 is 20.7 Å². The topological polar surface area (TPSA) is 106 Å². The van der Waals surface area contributed by atoms with Crippen molar-refractivity contribution in [1.29, 1.82) is 0 Å². The number of aromatic nitrogens is 1. The number of pyridine rings is 1. The Labute approximate surface area is 154 Å². The summed E-state index contributed by atoms with van der Waals surface area (Å²) in [5, 5.41) is 18.9. The molecule has 3 rings (SSSR count). The zero-order chi connectivity index (χ0) is 19.4. The predicted molar refractivity (Wildman–Crippen MR) is 96.7 cm³/mol. The van der Waals surface area contributed by atoms with Gasteiger partial charge in [-0.2, -0.15) is 0 Å². The van der Waals surface area contributed by atoms with E-state index in [4.69, 9.17) is 15.6 Å². The first-order valence-electron chi connectivity index (χ1n) is 8.11. The van der Waals surface area contributed by atoms with Gasteiger partial charge in [0.1, 0.15) is 23.4 Å². The van der Waals surface area contributed by atoms with Crippen LogP contribution in [-0.2, 0) is 0 Å². The number of ether oxygens (including phenoxy) is 1. The molecule has 0 fully saturated rings. The van der Waals surface area contributed by atoms with Crippen molar-refractivity contribution in [3.8, 4) is 22.8 Å². The van der Waals surface area contributed by atoms with Crippen LogP contribution in [-0.4, -0.2) is 27.7 Å². The molecule has 0 aliphatic rings. The number of nitrogens with two attached hydrogens (primary N) is 1. The third-order valence-corrected chi connectivity index (χ3v) is 3.84. The molecule has 0 unspecified atom stereocenters. The lowest BCUT2D eigenvalue weighted by atomic mass is 10.1. The Morgan fingerprint density at radius 2 is 1.67 bits per heavy atom. The third kappa shape index (κ3) is 4.46. The van der Waals surface area contributed by atoms with Crippen molar-refractivity contribution < 1.29 is 24.1 Å². The van der Waals surface area contributed by atoms with Gasteiger partial charge in [-0.1, -0.05) is 0 Å². The van der Waals surface area contributed by atoms with E-state index in [9.17, 15) is 14.3 Å². The number of nitrogens with zero attached hydrogens (tertiary/aromatic N) is 1. The fraction of sp³-hybridized carbons (Fsp3) is 0.100. The Bertz CT molecular complexity index is 943. The molecule has 0 aliphatic heterocycles. The summed E-state index contributed by atoms with van der Waals surface area (Å²) in [5.41, 5.74) is 6.74. The lowest BCUT2D eigenvalue weighted by Crippen LogP contribution is -2.14. The summed E-state index contributed by atoms with van der Waals surface area (Å²) < 4.78 is 18.6. The lowest BCUT2D eigenvalue weighted by Gasteiger charge is -2.11. The van der Waals surface area contributed by atoms with Crippen molar-refractivity contribution in [1.82, 2.24) is 4.98 Å². The minimum atomic E-state index is -1.22. The van der Waals surface area contributed by atoms with Crippen molar-refractivity contribution >= 4 is 5.91 Å². The molecule has 4 N–H and O–H groups in total. The molecule has 0 spiro atoms. The van der Waals surface area contributed by atoms with Gasteiger partial charge in [0.05, 0.1) is 18.0 Å². The zero-order valence-electron chi connectivity index (χ0n) is 14.2. The van der Waals surface area contributed by atoms with Gasteiger partial charge in [0.25, 0.3) is 0 Å². The van der Waals surface area contributed by atoms with E-state index in [1.807, 2.05) is 0 Å². The first kappa shape index (κ1) is 18.5. The average molecular weight is 368 g/mol. The molecule has 1 aromatic heterocycles. The number of benzene rings is 2. The first-order chi connectivity index (χ1) is 13.0. The van der Waals surface area contributed by atoms with E-state index < -0.39 is 18.6 Å². The normalized spacial score (nSPS) is 11.8. The zero-order valence-corrected chi connectivity index (χ0v) is 14.2. The molecule has 6 nitrogen and oxygen atoms in total. The van der Waals surface area contributed by atoms with Crippen molar-refractivity contribution in [2.45, 2.75) is 6.10 Å². The number of hydrogen-bond donors (Lipinski definition) is 3. The monoisotopic (exact) mass is 368 g/mol. The molecule has 1 amide bonds. The summed E-state index contributed by atoms with van der Waals surface area (Å²) >= 11 is 0. The van der Waals surface area contributed by atoms with Crippen molar-refractivity contribution in [2.75, 3.05) is 6.61 Å². The van der Waals surface area contributed by atoms with E-state index >= 15 is 0 Å². The number of rotatable bonds is 6. The molecule has 1 heterocycles. The fourth-order valence-corrected chi connectivity index (χ4v) is 2.44. The molecule has 0 saturated carbocycles. The summed E-state index contributed by atoms with van der Waals surface area (Å²) in [6.07, 6.45) is -1.22. The molecular formula is C20H17FN2O4. The quantitative estimate of drug-likeness (QED) is 0.620. The molecule has 1 atom stereocenters. The number of halogens is 1. The Hall–Kier alpha value is -3.29. The number of amides is 1. The second kappa shape index (κ2) is 7.94. The molecule has 0 bridgehead atoms. The van der Waals surface area contributed by atoms with Gasteiger partial charge in [-0.05, 0) is 60.7 Å². The Balaban J connectivity index is 1.88. The number of aliphatic hydroxyl groups excluding tert-OH is 2. The number of carbonyl (C=O) groups is 1. The molecule has 3 aromatic rings. The molecule has 0 aliphatic carbocycles. The van der Waals surface area contributed by atoms with Crippen LogP contribution in [0.3, 0.4) is 0 Å². The number of carbonyl (C=O) groups excluding carboxylic acids is 1. The minimum Gasteiger partial charge on any atom is -0.457 e. The molecule has 2 aromatic carbocycles. The fourth-order valence-electron chi connectivity index (χ4n) is 2.44.